The molecule has 1 aromatic heterocycles. The zero-order valence-corrected chi connectivity index (χ0v) is 15.3. The minimum Gasteiger partial charge on any atom is -0.478 e. The highest BCUT2D eigenvalue weighted by molar-refractivity contribution is 5.93. The van der Waals surface area contributed by atoms with Gasteiger partial charge in [-0.05, 0) is 56.5 Å². The largest absolute Gasteiger partial charge is 0.478 e. The van der Waals surface area contributed by atoms with E-state index in [9.17, 15) is 18.7 Å². The maximum atomic E-state index is 14.0. The minimum absolute atomic E-state index is 0.0649. The van der Waals surface area contributed by atoms with E-state index in [4.69, 9.17) is 0 Å². The second kappa shape index (κ2) is 7.82. The number of benzene rings is 1. The van der Waals surface area contributed by atoms with Crippen LogP contribution in [0.1, 0.15) is 49.2 Å². The fourth-order valence-electron chi connectivity index (χ4n) is 3.18. The molecule has 0 unspecified atom stereocenters. The molecule has 1 aromatic carbocycles. The van der Waals surface area contributed by atoms with E-state index in [0.29, 0.717) is 54.0 Å². The number of carboxylic acid groups (broad SMARTS) is 1. The quantitative estimate of drug-likeness (QED) is 0.808. The maximum absolute atomic E-state index is 14.0. The molecule has 0 atom stereocenters. The first kappa shape index (κ1) is 18.9. The summed E-state index contributed by atoms with van der Waals surface area (Å²) in [6, 6.07) is 4.52. The third-order valence-corrected chi connectivity index (χ3v) is 4.66. The molecule has 0 aliphatic heterocycles. The summed E-state index contributed by atoms with van der Waals surface area (Å²) >= 11 is 0. The number of aromatic carboxylic acids is 1. The first-order valence-corrected chi connectivity index (χ1v) is 8.99. The van der Waals surface area contributed by atoms with Gasteiger partial charge in [-0.3, -0.25) is 0 Å². The Kier molecular flexibility index (Phi) is 5.48. The molecule has 1 aliphatic carbocycles. The monoisotopic (exact) mass is 373 g/mol. The Morgan fingerprint density at radius 3 is 2.56 bits per heavy atom. The Morgan fingerprint density at radius 2 is 1.89 bits per heavy atom. The Hall–Kier alpha value is -2.83. The number of hydrogen-bond acceptors (Lipinski definition) is 4. The lowest BCUT2D eigenvalue weighted by atomic mass is 10.0. The summed E-state index contributed by atoms with van der Waals surface area (Å²) in [6.07, 6.45) is 2.25. The molecule has 27 heavy (non-hydrogen) atoms. The molecule has 1 heterocycles. The lowest BCUT2D eigenvalue weighted by molar-refractivity contribution is 0.0697. The molecule has 0 amide bonds. The highest BCUT2D eigenvalue weighted by atomic mass is 19.2. The van der Waals surface area contributed by atoms with E-state index in [1.165, 1.54) is 18.2 Å². The van der Waals surface area contributed by atoms with Gasteiger partial charge in [0.1, 0.15) is 11.5 Å². The summed E-state index contributed by atoms with van der Waals surface area (Å²) in [7, 11) is 0. The van der Waals surface area contributed by atoms with E-state index in [2.05, 4.69) is 9.97 Å². The predicted molar refractivity (Wildman–Crippen MR) is 101 cm³/mol. The van der Waals surface area contributed by atoms with Gasteiger partial charge in [0.2, 0.25) is 0 Å². The summed E-state index contributed by atoms with van der Waals surface area (Å²) in [4.78, 5) is 22.5. The molecule has 2 aromatic rings. The summed E-state index contributed by atoms with van der Waals surface area (Å²) in [6.45, 7) is 5.24. The van der Waals surface area contributed by atoms with Crippen molar-refractivity contribution in [2.45, 2.75) is 33.1 Å². The van der Waals surface area contributed by atoms with Crippen molar-refractivity contribution in [3.63, 3.8) is 0 Å². The molecule has 1 N–H and O–H groups in total. The van der Waals surface area contributed by atoms with Crippen molar-refractivity contribution in [3.05, 3.63) is 47.2 Å². The lowest BCUT2D eigenvalue weighted by Crippen LogP contribution is -2.25. The number of carbonyl (C=O) groups is 1. The molecular formula is C20H21F2N3O2. The average molecular weight is 373 g/mol. The average Bonchev–Trinajstić information content (AvgIpc) is 2.82. The van der Waals surface area contributed by atoms with Crippen molar-refractivity contribution >= 4 is 28.4 Å². The number of carboxylic acids is 1. The molecule has 7 heteroatoms. The summed E-state index contributed by atoms with van der Waals surface area (Å²) in [5.41, 5.74) is 2.20. The van der Waals surface area contributed by atoms with E-state index in [0.717, 1.165) is 0 Å². The van der Waals surface area contributed by atoms with Gasteiger partial charge in [-0.25, -0.2) is 23.5 Å². The molecule has 0 radical (unpaired) electrons. The van der Waals surface area contributed by atoms with E-state index in [1.807, 2.05) is 18.7 Å². The van der Waals surface area contributed by atoms with Crippen LogP contribution in [-0.4, -0.2) is 34.1 Å². The topological polar surface area (TPSA) is 66.3 Å². The van der Waals surface area contributed by atoms with Gasteiger partial charge in [0.05, 0.1) is 16.6 Å². The lowest BCUT2D eigenvalue weighted by Gasteiger charge is -2.23. The number of aromatic nitrogens is 2. The van der Waals surface area contributed by atoms with Gasteiger partial charge >= 0.3 is 5.97 Å². The highest BCUT2D eigenvalue weighted by Gasteiger charge is 2.21. The predicted octanol–water partition coefficient (Wildman–Crippen LogP) is 4.89. The van der Waals surface area contributed by atoms with Gasteiger partial charge in [-0.1, -0.05) is 0 Å². The van der Waals surface area contributed by atoms with E-state index < -0.39 is 17.6 Å². The van der Waals surface area contributed by atoms with Gasteiger partial charge in [0.15, 0.2) is 11.6 Å². The van der Waals surface area contributed by atoms with Crippen LogP contribution in [0.5, 0.6) is 0 Å². The van der Waals surface area contributed by atoms with Crippen molar-refractivity contribution in [2.75, 3.05) is 18.0 Å². The van der Waals surface area contributed by atoms with Crippen LogP contribution in [0.4, 0.5) is 14.6 Å². The zero-order chi connectivity index (χ0) is 19.6. The first-order chi connectivity index (χ1) is 12.9. The van der Waals surface area contributed by atoms with Crippen LogP contribution in [0.15, 0.2) is 35.9 Å². The molecule has 0 bridgehead atoms. The van der Waals surface area contributed by atoms with Gasteiger partial charge in [-0.15, -0.1) is 0 Å². The third kappa shape index (κ3) is 3.82. The van der Waals surface area contributed by atoms with Crippen molar-refractivity contribution in [1.82, 2.24) is 9.97 Å². The van der Waals surface area contributed by atoms with Gasteiger partial charge in [-0.2, -0.15) is 0 Å². The number of nitrogens with zero attached hydrogens (tertiary/aromatic N) is 3. The molecule has 142 valence electrons. The Labute approximate surface area is 156 Å². The van der Waals surface area contributed by atoms with Crippen LogP contribution < -0.4 is 4.90 Å². The Balaban J connectivity index is 2.23. The number of allylic oxidation sites excluding steroid dienone is 4. The third-order valence-electron chi connectivity index (χ3n) is 4.66. The Morgan fingerprint density at radius 1 is 1.15 bits per heavy atom. The normalized spacial score (nSPS) is 14.9. The molecular weight excluding hydrogens is 352 g/mol. The van der Waals surface area contributed by atoms with Crippen LogP contribution in [-0.2, 0) is 0 Å². The molecule has 0 saturated heterocycles. The van der Waals surface area contributed by atoms with Gasteiger partial charge in [0, 0.05) is 19.5 Å². The van der Waals surface area contributed by atoms with Crippen LogP contribution in [0.2, 0.25) is 0 Å². The minimum atomic E-state index is -1.04. The molecule has 5 nitrogen and oxygen atoms in total. The van der Waals surface area contributed by atoms with Crippen LogP contribution in [0, 0.1) is 0 Å². The molecule has 3 rings (SSSR count). The fraction of sp³-hybridized carbons (Fsp3) is 0.350. The van der Waals surface area contributed by atoms with Crippen molar-refractivity contribution in [2.24, 2.45) is 0 Å². The molecule has 0 saturated carbocycles. The van der Waals surface area contributed by atoms with E-state index in [1.54, 1.807) is 6.07 Å². The number of rotatable bonds is 5. The molecule has 0 spiro atoms. The summed E-state index contributed by atoms with van der Waals surface area (Å²) in [5.74, 6) is -2.09. The number of fused-ring (bicyclic) bond motifs is 1. The van der Waals surface area contributed by atoms with Crippen molar-refractivity contribution in [1.29, 1.82) is 0 Å². The second-order valence-corrected chi connectivity index (χ2v) is 6.35. The molecule has 1 aliphatic rings. The smallest absolute Gasteiger partial charge is 0.335 e. The number of hydrogen-bond donors (Lipinski definition) is 1. The van der Waals surface area contributed by atoms with E-state index >= 15 is 0 Å². The zero-order valence-electron chi connectivity index (χ0n) is 15.3. The number of anilines is 1. The van der Waals surface area contributed by atoms with E-state index in [-0.39, 0.29) is 12.0 Å². The first-order valence-electron chi connectivity index (χ1n) is 8.99. The number of halogens is 2. The van der Waals surface area contributed by atoms with Crippen LogP contribution >= 0.6 is 0 Å². The second-order valence-electron chi connectivity index (χ2n) is 6.35. The summed E-state index contributed by atoms with van der Waals surface area (Å²) in [5, 5.41) is 9.21. The highest BCUT2D eigenvalue weighted by Crippen LogP contribution is 2.34. The molecule has 0 fully saturated rings. The standard InChI is InChI=1S/C20H21F2N3O2/c1-3-25(4-2)19-18(12-6-5-7-14(21)15(22)10-12)23-16-9-8-13(20(26)27)11-17(16)24-19/h8-11H,3-7H2,1-2H3,(H,26,27). The Bertz CT molecular complexity index is 950. The van der Waals surface area contributed by atoms with Crippen molar-refractivity contribution < 1.29 is 18.7 Å². The maximum Gasteiger partial charge on any atom is 0.335 e. The SMILES string of the molecule is CCN(CC)c1nc2cc(C(=O)O)ccc2nc1C1=CC(F)=C(F)CCC1. The van der Waals surface area contributed by atoms with Crippen molar-refractivity contribution in [3.8, 4) is 0 Å². The van der Waals surface area contributed by atoms with Crippen LogP contribution in [0.25, 0.3) is 16.6 Å². The summed E-state index contributed by atoms with van der Waals surface area (Å²) < 4.78 is 27.7. The van der Waals surface area contributed by atoms with Crippen LogP contribution in [0.3, 0.4) is 0 Å². The van der Waals surface area contributed by atoms with Gasteiger partial charge < -0.3 is 10.0 Å². The fourth-order valence-corrected chi connectivity index (χ4v) is 3.18. The van der Waals surface area contributed by atoms with Gasteiger partial charge in [0.25, 0.3) is 0 Å².